The zero-order chi connectivity index (χ0) is 21.2. The van der Waals surface area contributed by atoms with E-state index in [0.29, 0.717) is 18.0 Å². The molecule has 4 heterocycles. The second-order valence-electron chi connectivity index (χ2n) is 8.44. The van der Waals surface area contributed by atoms with Gasteiger partial charge in [-0.3, -0.25) is 14.3 Å². The van der Waals surface area contributed by atoms with Gasteiger partial charge in [0.15, 0.2) is 11.3 Å². The van der Waals surface area contributed by atoms with E-state index in [1.807, 2.05) is 24.1 Å². The monoisotopic (exact) mass is 425 g/mol. The van der Waals surface area contributed by atoms with E-state index in [1.54, 1.807) is 10.9 Å². The van der Waals surface area contributed by atoms with Crippen molar-refractivity contribution < 1.29 is 4.74 Å². The number of nitrogens with one attached hydrogen (secondary N) is 2. The van der Waals surface area contributed by atoms with Crippen molar-refractivity contribution in [1.82, 2.24) is 34.4 Å². The molecule has 1 saturated carbocycles. The number of aromatic nitrogens is 6. The number of aryl methyl sites for hydroxylation is 2. The van der Waals surface area contributed by atoms with Crippen molar-refractivity contribution in [3.05, 3.63) is 18.6 Å². The van der Waals surface area contributed by atoms with Crippen molar-refractivity contribution >= 4 is 28.5 Å². The lowest BCUT2D eigenvalue weighted by Gasteiger charge is -2.39. The van der Waals surface area contributed by atoms with Crippen LogP contribution in [0.1, 0.15) is 32.6 Å². The molecule has 1 saturated heterocycles. The molecule has 2 fully saturated rings. The minimum atomic E-state index is 0.397. The lowest BCUT2D eigenvalue weighted by molar-refractivity contribution is 0.00791. The fourth-order valence-corrected chi connectivity index (χ4v) is 4.61. The van der Waals surface area contributed by atoms with Gasteiger partial charge in [0.05, 0.1) is 31.3 Å². The van der Waals surface area contributed by atoms with E-state index in [-0.39, 0.29) is 0 Å². The van der Waals surface area contributed by atoms with Gasteiger partial charge in [-0.05, 0) is 32.6 Å². The summed E-state index contributed by atoms with van der Waals surface area (Å²) in [5, 5.41) is 15.9. The summed E-state index contributed by atoms with van der Waals surface area (Å²) in [6.45, 7) is 6.73. The van der Waals surface area contributed by atoms with Gasteiger partial charge in [0, 0.05) is 45.0 Å². The number of fused-ring (bicyclic) bond motifs is 1. The first-order valence-electron chi connectivity index (χ1n) is 11.3. The third kappa shape index (κ3) is 4.49. The number of rotatable bonds is 6. The van der Waals surface area contributed by atoms with E-state index in [1.165, 1.54) is 12.8 Å². The van der Waals surface area contributed by atoms with Gasteiger partial charge < -0.3 is 15.4 Å². The summed E-state index contributed by atoms with van der Waals surface area (Å²) >= 11 is 0. The molecule has 0 bridgehead atoms. The normalized spacial score (nSPS) is 22.6. The van der Waals surface area contributed by atoms with Gasteiger partial charge in [-0.1, -0.05) is 0 Å². The van der Waals surface area contributed by atoms with Gasteiger partial charge in [-0.2, -0.15) is 15.2 Å². The minimum absolute atomic E-state index is 0.397. The maximum absolute atomic E-state index is 5.51. The third-order valence-electron chi connectivity index (χ3n) is 6.30. The number of anilines is 3. The van der Waals surface area contributed by atoms with Crippen LogP contribution in [-0.2, 0) is 18.3 Å². The van der Waals surface area contributed by atoms with Crippen molar-refractivity contribution in [3.63, 3.8) is 0 Å². The van der Waals surface area contributed by atoms with Crippen molar-refractivity contribution in [2.45, 2.75) is 51.2 Å². The van der Waals surface area contributed by atoms with Crippen LogP contribution < -0.4 is 10.6 Å². The largest absolute Gasteiger partial charge is 0.379 e. The molecule has 0 amide bonds. The number of hydrogen-bond donors (Lipinski definition) is 2. The van der Waals surface area contributed by atoms with Crippen LogP contribution in [0.15, 0.2) is 18.6 Å². The lowest BCUT2D eigenvalue weighted by atomic mass is 9.90. The van der Waals surface area contributed by atoms with E-state index < -0.39 is 0 Å². The van der Waals surface area contributed by atoms with Crippen molar-refractivity contribution in [3.8, 4) is 0 Å². The molecule has 3 aromatic heterocycles. The van der Waals surface area contributed by atoms with Gasteiger partial charge in [-0.15, -0.1) is 0 Å². The maximum Gasteiger partial charge on any atom is 0.230 e. The van der Waals surface area contributed by atoms with E-state index in [2.05, 4.69) is 32.5 Å². The van der Waals surface area contributed by atoms with Crippen LogP contribution in [0.3, 0.4) is 0 Å². The Hall–Kier alpha value is -2.72. The van der Waals surface area contributed by atoms with Gasteiger partial charge in [0.25, 0.3) is 0 Å². The summed E-state index contributed by atoms with van der Waals surface area (Å²) in [5.41, 5.74) is 2.53. The molecule has 0 atom stereocenters. The van der Waals surface area contributed by atoms with Gasteiger partial charge in [-0.25, -0.2) is 4.98 Å². The van der Waals surface area contributed by atoms with E-state index in [4.69, 9.17) is 14.8 Å². The molecule has 0 unspecified atom stereocenters. The first-order valence-corrected chi connectivity index (χ1v) is 11.3. The molecule has 31 heavy (non-hydrogen) atoms. The van der Waals surface area contributed by atoms with E-state index in [9.17, 15) is 0 Å². The molecule has 0 spiro atoms. The summed E-state index contributed by atoms with van der Waals surface area (Å²) in [7, 11) is 1.89. The Labute approximate surface area is 182 Å². The fraction of sp³-hybridized carbons (Fsp3) is 0.619. The number of morpholine rings is 1. The highest BCUT2D eigenvalue weighted by Crippen LogP contribution is 2.29. The smallest absolute Gasteiger partial charge is 0.230 e. The molecule has 10 heteroatoms. The van der Waals surface area contributed by atoms with Crippen LogP contribution in [0.25, 0.3) is 11.0 Å². The van der Waals surface area contributed by atoms with E-state index in [0.717, 1.165) is 68.2 Å². The average Bonchev–Trinajstić information content (AvgIpc) is 3.40. The summed E-state index contributed by atoms with van der Waals surface area (Å²) in [6.07, 6.45) is 10.3. The quantitative estimate of drug-likeness (QED) is 0.621. The van der Waals surface area contributed by atoms with Crippen LogP contribution in [0, 0.1) is 0 Å². The Kier molecular flexibility index (Phi) is 5.73. The minimum Gasteiger partial charge on any atom is -0.379 e. The summed E-state index contributed by atoms with van der Waals surface area (Å²) in [5.74, 6) is 1.36. The predicted octanol–water partition coefficient (Wildman–Crippen LogP) is 2.38. The Balaban J connectivity index is 1.32. The predicted molar refractivity (Wildman–Crippen MR) is 120 cm³/mol. The van der Waals surface area contributed by atoms with Crippen LogP contribution in [0.4, 0.5) is 17.5 Å². The Morgan fingerprint density at radius 3 is 2.61 bits per heavy atom. The molecule has 5 rings (SSSR count). The number of nitrogens with zero attached hydrogens (tertiary/aromatic N) is 7. The first kappa shape index (κ1) is 20.2. The molecular weight excluding hydrogens is 394 g/mol. The highest BCUT2D eigenvalue weighted by molar-refractivity contribution is 5.86. The average molecular weight is 426 g/mol. The Morgan fingerprint density at radius 1 is 1.10 bits per heavy atom. The van der Waals surface area contributed by atoms with Crippen LogP contribution >= 0.6 is 0 Å². The topological polar surface area (TPSA) is 98.0 Å². The van der Waals surface area contributed by atoms with Crippen LogP contribution in [-0.4, -0.2) is 72.8 Å². The van der Waals surface area contributed by atoms with Crippen molar-refractivity contribution in [2.75, 3.05) is 36.9 Å². The highest BCUT2D eigenvalue weighted by atomic mass is 16.5. The fourth-order valence-electron chi connectivity index (χ4n) is 4.61. The zero-order valence-corrected chi connectivity index (χ0v) is 18.3. The zero-order valence-electron chi connectivity index (χ0n) is 18.3. The molecule has 0 radical (unpaired) electrons. The summed E-state index contributed by atoms with van der Waals surface area (Å²) in [4.78, 5) is 12.1. The Morgan fingerprint density at radius 2 is 1.90 bits per heavy atom. The standard InChI is InChI=1S/C21H31N9O/c1-3-30-14-18-19(27-30)20(26-21(25-18)24-16-12-22-28(2)13-16)23-15-4-6-17(7-5-15)29-8-10-31-11-9-29/h12-15,17H,3-11H2,1-2H3,(H2,23,24,25,26). The number of ether oxygens (including phenoxy) is 1. The molecule has 2 N–H and O–H groups in total. The van der Waals surface area contributed by atoms with Crippen LogP contribution in [0.5, 0.6) is 0 Å². The summed E-state index contributed by atoms with van der Waals surface area (Å²) in [6, 6.07) is 1.07. The molecule has 166 valence electrons. The molecular formula is C21H31N9O. The Bertz CT molecular complexity index is 1020. The van der Waals surface area contributed by atoms with E-state index >= 15 is 0 Å². The summed E-state index contributed by atoms with van der Waals surface area (Å²) < 4.78 is 9.17. The molecule has 10 nitrogen and oxygen atoms in total. The molecule has 0 aromatic carbocycles. The molecule has 3 aromatic rings. The second kappa shape index (κ2) is 8.80. The van der Waals surface area contributed by atoms with Crippen molar-refractivity contribution in [1.29, 1.82) is 0 Å². The van der Waals surface area contributed by atoms with Gasteiger partial charge in [0.1, 0.15) is 5.52 Å². The first-order chi connectivity index (χ1) is 15.2. The number of hydrogen-bond acceptors (Lipinski definition) is 8. The molecule has 2 aliphatic rings. The van der Waals surface area contributed by atoms with Gasteiger partial charge >= 0.3 is 0 Å². The second-order valence-corrected chi connectivity index (χ2v) is 8.44. The third-order valence-corrected chi connectivity index (χ3v) is 6.30. The highest BCUT2D eigenvalue weighted by Gasteiger charge is 2.27. The SMILES string of the molecule is CCn1cc2nc(Nc3cnn(C)c3)nc(NC3CCC(N4CCOCC4)CC3)c2n1. The van der Waals surface area contributed by atoms with Crippen molar-refractivity contribution in [2.24, 2.45) is 7.05 Å². The molecule has 1 aliphatic carbocycles. The molecule has 1 aliphatic heterocycles. The van der Waals surface area contributed by atoms with Crippen LogP contribution in [0.2, 0.25) is 0 Å². The lowest BCUT2D eigenvalue weighted by Crippen LogP contribution is -2.46. The van der Waals surface area contributed by atoms with Gasteiger partial charge in [0.2, 0.25) is 5.95 Å². The maximum atomic E-state index is 5.51.